The highest BCUT2D eigenvalue weighted by atomic mass is 16.5. The van der Waals surface area contributed by atoms with Crippen molar-refractivity contribution in [3.05, 3.63) is 114 Å². The van der Waals surface area contributed by atoms with Gasteiger partial charge in [-0.15, -0.1) is 0 Å². The molecule has 0 aliphatic carbocycles. The number of ether oxygens (including phenoxy) is 1. The van der Waals surface area contributed by atoms with E-state index in [9.17, 15) is 14.7 Å². The van der Waals surface area contributed by atoms with Crippen molar-refractivity contribution in [3.63, 3.8) is 0 Å². The maximum atomic E-state index is 13.3. The Balaban J connectivity index is 1.88. The van der Waals surface area contributed by atoms with Crippen molar-refractivity contribution in [2.24, 2.45) is 5.73 Å². The van der Waals surface area contributed by atoms with Crippen LogP contribution in [0.4, 0.5) is 5.69 Å². The summed E-state index contributed by atoms with van der Waals surface area (Å²) >= 11 is 0. The number of aliphatic hydroxyl groups excluding tert-OH is 1. The van der Waals surface area contributed by atoms with Gasteiger partial charge in [-0.3, -0.25) is 14.5 Å². The molecule has 0 saturated carbocycles. The number of aromatic nitrogens is 1. The first kappa shape index (κ1) is 23.3. The number of carbonyl (C=O) groups is 2. The lowest BCUT2D eigenvalue weighted by molar-refractivity contribution is -0.132. The van der Waals surface area contributed by atoms with E-state index in [1.807, 2.05) is 0 Å². The Morgan fingerprint density at radius 3 is 2.54 bits per heavy atom. The Hall–Kier alpha value is -4.85. The highest BCUT2D eigenvalue weighted by molar-refractivity contribution is 6.51. The van der Waals surface area contributed by atoms with E-state index in [2.05, 4.69) is 11.7 Å². The number of amides is 1. The Morgan fingerprint density at radius 1 is 1.14 bits per heavy atom. The SMILES string of the molecule is C=C/C=C\C=C(/N)C(O)=C1C(=O)C(=O)N(c2ccc(-c3ccon3)cc2)C1c1ccccc1OC. The number of hydrogen-bond donors (Lipinski definition) is 2. The molecule has 8 heteroatoms. The number of nitrogens with two attached hydrogens (primary N) is 1. The normalized spacial score (nSPS) is 17.8. The second-order valence-electron chi connectivity index (χ2n) is 7.59. The van der Waals surface area contributed by atoms with Crippen molar-refractivity contribution < 1.29 is 24.0 Å². The monoisotopic (exact) mass is 469 g/mol. The zero-order valence-corrected chi connectivity index (χ0v) is 18.9. The number of nitrogens with zero attached hydrogens (tertiary/aromatic N) is 2. The summed E-state index contributed by atoms with van der Waals surface area (Å²) in [4.78, 5) is 27.8. The highest BCUT2D eigenvalue weighted by Crippen LogP contribution is 2.44. The molecule has 2 aromatic carbocycles. The third-order valence-corrected chi connectivity index (χ3v) is 5.55. The Morgan fingerprint density at radius 2 is 1.89 bits per heavy atom. The van der Waals surface area contributed by atoms with E-state index in [-0.39, 0.29) is 11.3 Å². The lowest BCUT2D eigenvalue weighted by Crippen LogP contribution is -2.29. The molecule has 35 heavy (non-hydrogen) atoms. The lowest BCUT2D eigenvalue weighted by atomic mass is 9.95. The first-order valence-electron chi connectivity index (χ1n) is 10.7. The number of aliphatic hydroxyl groups is 1. The van der Waals surface area contributed by atoms with Crippen LogP contribution in [0.2, 0.25) is 0 Å². The van der Waals surface area contributed by atoms with E-state index in [0.29, 0.717) is 22.7 Å². The van der Waals surface area contributed by atoms with Crippen LogP contribution in [0, 0.1) is 0 Å². The number of anilines is 1. The van der Waals surface area contributed by atoms with Crippen LogP contribution in [0.1, 0.15) is 11.6 Å². The number of hydrogen-bond acceptors (Lipinski definition) is 7. The van der Waals surface area contributed by atoms with Gasteiger partial charge in [-0.2, -0.15) is 0 Å². The fourth-order valence-electron chi connectivity index (χ4n) is 3.91. The van der Waals surface area contributed by atoms with E-state index in [0.717, 1.165) is 5.56 Å². The van der Waals surface area contributed by atoms with Crippen molar-refractivity contribution in [1.29, 1.82) is 0 Å². The van der Waals surface area contributed by atoms with Gasteiger partial charge in [0.1, 0.15) is 23.5 Å². The number of benzene rings is 2. The van der Waals surface area contributed by atoms with Gasteiger partial charge >= 0.3 is 0 Å². The highest BCUT2D eigenvalue weighted by Gasteiger charge is 2.48. The average molecular weight is 469 g/mol. The molecule has 1 aromatic heterocycles. The summed E-state index contributed by atoms with van der Waals surface area (Å²) in [6, 6.07) is 14.7. The van der Waals surface area contributed by atoms with Crippen molar-refractivity contribution in [1.82, 2.24) is 5.16 Å². The van der Waals surface area contributed by atoms with Crippen LogP contribution in [-0.4, -0.2) is 29.1 Å². The Labute approximate surface area is 201 Å². The third-order valence-electron chi connectivity index (χ3n) is 5.55. The standard InChI is InChI=1S/C27H23N3O5/c1-3-4-5-9-20(28)25(31)23-24(19-8-6-7-10-22(19)34-2)30(27(33)26(23)32)18-13-11-17(12-14-18)21-15-16-35-29-21/h3-16,24,31H,1,28H2,2H3/b5-4-,20-9-,25-23?. The quantitative estimate of drug-likeness (QED) is 0.228. The van der Waals surface area contributed by atoms with Crippen molar-refractivity contribution in [3.8, 4) is 17.0 Å². The summed E-state index contributed by atoms with van der Waals surface area (Å²) in [6.45, 7) is 3.58. The molecule has 0 radical (unpaired) electrons. The minimum Gasteiger partial charge on any atom is -0.505 e. The second kappa shape index (κ2) is 9.96. The fourth-order valence-corrected chi connectivity index (χ4v) is 3.91. The van der Waals surface area contributed by atoms with Crippen LogP contribution in [0.5, 0.6) is 5.75 Å². The van der Waals surface area contributed by atoms with Crippen LogP contribution in [0.3, 0.4) is 0 Å². The van der Waals surface area contributed by atoms with Crippen LogP contribution >= 0.6 is 0 Å². The smallest absolute Gasteiger partial charge is 0.300 e. The van der Waals surface area contributed by atoms with Gasteiger partial charge < -0.3 is 20.1 Å². The van der Waals surface area contributed by atoms with Crippen molar-refractivity contribution in [2.75, 3.05) is 12.0 Å². The molecular formula is C27H23N3O5. The maximum Gasteiger partial charge on any atom is 0.300 e. The first-order chi connectivity index (χ1) is 17.0. The van der Waals surface area contributed by atoms with E-state index >= 15 is 0 Å². The van der Waals surface area contributed by atoms with E-state index in [4.69, 9.17) is 15.0 Å². The van der Waals surface area contributed by atoms with Crippen LogP contribution in [0.15, 0.2) is 113 Å². The molecule has 1 amide bonds. The van der Waals surface area contributed by atoms with Crippen molar-refractivity contribution in [2.45, 2.75) is 6.04 Å². The van der Waals surface area contributed by atoms with Gasteiger partial charge in [-0.05, 0) is 24.3 Å². The molecule has 3 aromatic rings. The van der Waals surface area contributed by atoms with Gasteiger partial charge in [0.15, 0.2) is 0 Å². The average Bonchev–Trinajstić information content (AvgIpc) is 3.51. The number of carbonyl (C=O) groups excluding carboxylic acids is 2. The zero-order chi connectivity index (χ0) is 24.9. The number of rotatable bonds is 7. The molecule has 3 N–H and O–H groups in total. The molecule has 176 valence electrons. The summed E-state index contributed by atoms with van der Waals surface area (Å²) in [7, 11) is 1.49. The molecular weight excluding hydrogens is 446 g/mol. The number of methoxy groups -OCH3 is 1. The molecule has 8 nitrogen and oxygen atoms in total. The first-order valence-corrected chi connectivity index (χ1v) is 10.7. The third kappa shape index (κ3) is 4.37. The van der Waals surface area contributed by atoms with Crippen LogP contribution in [0.25, 0.3) is 11.3 Å². The minimum absolute atomic E-state index is 0.0672. The summed E-state index contributed by atoms with van der Waals surface area (Å²) < 4.78 is 10.4. The molecule has 1 unspecified atom stereocenters. The van der Waals surface area contributed by atoms with Gasteiger partial charge in [0.25, 0.3) is 11.7 Å². The van der Waals surface area contributed by atoms with Gasteiger partial charge in [-0.25, -0.2) is 0 Å². The molecule has 2 heterocycles. The maximum absolute atomic E-state index is 13.3. The van der Waals surface area contributed by atoms with Crippen LogP contribution < -0.4 is 15.4 Å². The summed E-state index contributed by atoms with van der Waals surface area (Å²) in [5.74, 6) is -1.69. The van der Waals surface area contributed by atoms with Gasteiger partial charge in [0, 0.05) is 22.9 Å². The molecule has 1 saturated heterocycles. The predicted molar refractivity (Wildman–Crippen MR) is 131 cm³/mol. The Bertz CT molecular complexity index is 1350. The number of para-hydroxylation sites is 1. The lowest BCUT2D eigenvalue weighted by Gasteiger charge is -2.26. The van der Waals surface area contributed by atoms with Gasteiger partial charge in [-0.1, -0.05) is 60.3 Å². The number of ketones is 1. The van der Waals surface area contributed by atoms with Crippen LogP contribution in [-0.2, 0) is 9.59 Å². The van der Waals surface area contributed by atoms with Gasteiger partial charge in [0.05, 0.1) is 24.4 Å². The molecule has 1 fully saturated rings. The van der Waals surface area contributed by atoms with Gasteiger partial charge in [0.2, 0.25) is 0 Å². The molecule has 1 aliphatic rings. The molecule has 1 aliphatic heterocycles. The van der Waals surface area contributed by atoms with Crippen molar-refractivity contribution >= 4 is 17.4 Å². The fraction of sp³-hybridized carbons (Fsp3) is 0.0741. The van der Waals surface area contributed by atoms with E-state index in [1.54, 1.807) is 72.8 Å². The van der Waals surface area contributed by atoms with E-state index < -0.39 is 23.5 Å². The minimum atomic E-state index is -0.973. The topological polar surface area (TPSA) is 119 Å². The molecule has 0 bridgehead atoms. The number of allylic oxidation sites excluding steroid dienone is 4. The van der Waals surface area contributed by atoms with E-state index in [1.165, 1.54) is 24.3 Å². The molecule has 4 rings (SSSR count). The Kier molecular flexibility index (Phi) is 6.64. The number of Topliss-reactive ketones (excluding diaryl/α,β-unsaturated/α-hetero) is 1. The summed E-state index contributed by atoms with van der Waals surface area (Å²) in [6.07, 6.45) is 7.62. The predicted octanol–water partition coefficient (Wildman–Crippen LogP) is 4.40. The molecule has 0 spiro atoms. The largest absolute Gasteiger partial charge is 0.505 e. The zero-order valence-electron chi connectivity index (χ0n) is 18.9. The molecule has 1 atom stereocenters. The summed E-state index contributed by atoms with van der Waals surface area (Å²) in [5, 5.41) is 14.9. The summed E-state index contributed by atoms with van der Waals surface area (Å²) in [5.41, 5.74) is 8.22. The second-order valence-corrected chi connectivity index (χ2v) is 7.59.